The molecular formula is C32H28N2O2. The molecule has 4 nitrogen and oxygen atoms in total. The number of benzene rings is 2. The van der Waals surface area contributed by atoms with Gasteiger partial charge >= 0.3 is 0 Å². The minimum atomic E-state index is 0.0735. The first-order valence-corrected chi connectivity index (χ1v) is 12.4. The third kappa shape index (κ3) is 3.54. The lowest BCUT2D eigenvalue weighted by molar-refractivity contribution is 0.300. The molecule has 0 bridgehead atoms. The Balaban J connectivity index is 1.84. The molecule has 0 saturated carbocycles. The van der Waals surface area contributed by atoms with Gasteiger partial charge in [0.2, 0.25) is 0 Å². The van der Waals surface area contributed by atoms with Crippen LogP contribution in [0.2, 0.25) is 0 Å². The Labute approximate surface area is 210 Å². The van der Waals surface area contributed by atoms with Crippen molar-refractivity contribution in [1.29, 1.82) is 0 Å². The SMILES string of the molecule is OCCc1c(-c2ccccc2)c(-c2c(-c3ccccc3)c(CCO)c3ccccn23)n2ccccc12. The fraction of sp³-hybridized carbons (Fsp3) is 0.125. The van der Waals surface area contributed by atoms with Crippen LogP contribution in [0.5, 0.6) is 0 Å². The van der Waals surface area contributed by atoms with E-state index in [1.165, 1.54) is 0 Å². The fourth-order valence-corrected chi connectivity index (χ4v) is 5.58. The van der Waals surface area contributed by atoms with E-state index in [2.05, 4.69) is 106 Å². The molecule has 0 atom stereocenters. The quantitative estimate of drug-likeness (QED) is 0.288. The standard InChI is InChI=1S/C32H28N2O2/c35-21-17-25-27-15-7-9-19-33(27)31(29(25)23-11-3-1-4-12-23)32-30(24-13-5-2-6-14-24)26(18-22-36)28-16-8-10-20-34(28)32/h1-16,19-20,35-36H,17-18,21-22H2. The normalized spacial score (nSPS) is 11.5. The third-order valence-electron chi connectivity index (χ3n) is 6.97. The molecule has 2 N–H and O–H groups in total. The van der Waals surface area contributed by atoms with Gasteiger partial charge in [-0.15, -0.1) is 0 Å². The van der Waals surface area contributed by atoms with Crippen LogP contribution in [0.1, 0.15) is 11.1 Å². The van der Waals surface area contributed by atoms with E-state index in [1.54, 1.807) is 0 Å². The minimum Gasteiger partial charge on any atom is -0.396 e. The molecule has 0 spiro atoms. The van der Waals surface area contributed by atoms with Gasteiger partial charge in [-0.05, 0) is 59.4 Å². The van der Waals surface area contributed by atoms with Crippen LogP contribution >= 0.6 is 0 Å². The summed E-state index contributed by atoms with van der Waals surface area (Å²) in [5.41, 5.74) is 11.1. The lowest BCUT2D eigenvalue weighted by Crippen LogP contribution is -1.96. The summed E-state index contributed by atoms with van der Waals surface area (Å²) in [4.78, 5) is 0. The van der Waals surface area contributed by atoms with E-state index in [4.69, 9.17) is 0 Å². The van der Waals surface area contributed by atoms with Crippen molar-refractivity contribution in [2.45, 2.75) is 12.8 Å². The molecule has 2 aromatic carbocycles. The van der Waals surface area contributed by atoms with E-state index in [9.17, 15) is 10.2 Å². The van der Waals surface area contributed by atoms with Crippen molar-refractivity contribution in [3.8, 4) is 33.6 Å². The molecule has 0 amide bonds. The maximum Gasteiger partial charge on any atom is 0.0786 e. The van der Waals surface area contributed by atoms with Crippen LogP contribution in [-0.4, -0.2) is 32.2 Å². The molecule has 4 heteroatoms. The molecule has 6 rings (SSSR count). The van der Waals surface area contributed by atoms with Gasteiger partial charge in [-0.1, -0.05) is 72.8 Å². The van der Waals surface area contributed by atoms with Crippen LogP contribution < -0.4 is 0 Å². The predicted molar refractivity (Wildman–Crippen MR) is 146 cm³/mol. The summed E-state index contributed by atoms with van der Waals surface area (Å²) in [5.74, 6) is 0. The fourth-order valence-electron chi connectivity index (χ4n) is 5.58. The summed E-state index contributed by atoms with van der Waals surface area (Å²) in [6.45, 7) is 0.147. The number of aliphatic hydroxyl groups is 2. The average molecular weight is 473 g/mol. The number of pyridine rings is 2. The Bertz CT molecular complexity index is 1520. The topological polar surface area (TPSA) is 49.3 Å². The second-order valence-electron chi connectivity index (χ2n) is 9.00. The summed E-state index contributed by atoms with van der Waals surface area (Å²) in [6, 6.07) is 33.4. The monoisotopic (exact) mass is 472 g/mol. The molecular weight excluding hydrogens is 444 g/mol. The Morgan fingerprint density at radius 1 is 0.472 bits per heavy atom. The van der Waals surface area contributed by atoms with Crippen molar-refractivity contribution in [3.63, 3.8) is 0 Å². The average Bonchev–Trinajstić information content (AvgIpc) is 3.43. The number of rotatable bonds is 7. The largest absolute Gasteiger partial charge is 0.396 e. The van der Waals surface area contributed by atoms with Gasteiger partial charge in [-0.2, -0.15) is 0 Å². The zero-order chi connectivity index (χ0) is 24.5. The van der Waals surface area contributed by atoms with Gasteiger partial charge in [0.15, 0.2) is 0 Å². The number of aliphatic hydroxyl groups excluding tert-OH is 2. The number of aromatic nitrogens is 2. The van der Waals surface area contributed by atoms with E-state index in [0.717, 1.165) is 55.8 Å². The Hall–Kier alpha value is -4.12. The van der Waals surface area contributed by atoms with Crippen LogP contribution in [0.15, 0.2) is 109 Å². The maximum atomic E-state index is 10.1. The molecule has 4 heterocycles. The smallest absolute Gasteiger partial charge is 0.0786 e. The highest BCUT2D eigenvalue weighted by Gasteiger charge is 2.27. The van der Waals surface area contributed by atoms with E-state index >= 15 is 0 Å². The molecule has 0 unspecified atom stereocenters. The van der Waals surface area contributed by atoms with Gasteiger partial charge in [0.05, 0.1) is 11.4 Å². The molecule has 178 valence electrons. The van der Waals surface area contributed by atoms with Gasteiger partial charge in [0.1, 0.15) is 0 Å². The van der Waals surface area contributed by atoms with Crippen molar-refractivity contribution in [1.82, 2.24) is 8.80 Å². The maximum absolute atomic E-state index is 10.1. The van der Waals surface area contributed by atoms with E-state index in [0.29, 0.717) is 12.8 Å². The van der Waals surface area contributed by atoms with E-state index in [-0.39, 0.29) is 13.2 Å². The number of hydrogen-bond acceptors (Lipinski definition) is 2. The van der Waals surface area contributed by atoms with E-state index < -0.39 is 0 Å². The van der Waals surface area contributed by atoms with Crippen molar-refractivity contribution < 1.29 is 10.2 Å². The first-order chi connectivity index (χ1) is 17.8. The first-order valence-electron chi connectivity index (χ1n) is 12.4. The molecule has 0 fully saturated rings. The molecule has 0 aliphatic carbocycles. The van der Waals surface area contributed by atoms with Gasteiger partial charge in [0, 0.05) is 47.8 Å². The summed E-state index contributed by atoms with van der Waals surface area (Å²) in [6.07, 6.45) is 5.35. The summed E-state index contributed by atoms with van der Waals surface area (Å²) in [7, 11) is 0. The summed E-state index contributed by atoms with van der Waals surface area (Å²) in [5, 5.41) is 20.1. The molecule has 0 radical (unpaired) electrons. The lowest BCUT2D eigenvalue weighted by Gasteiger charge is -2.13. The zero-order valence-corrected chi connectivity index (χ0v) is 20.0. The van der Waals surface area contributed by atoms with Crippen molar-refractivity contribution in [2.75, 3.05) is 13.2 Å². The first kappa shape index (κ1) is 22.4. The highest BCUT2D eigenvalue weighted by molar-refractivity contribution is 5.98. The van der Waals surface area contributed by atoms with Crippen molar-refractivity contribution >= 4 is 11.0 Å². The van der Waals surface area contributed by atoms with Crippen LogP contribution in [0.25, 0.3) is 44.7 Å². The molecule has 36 heavy (non-hydrogen) atoms. The highest BCUT2D eigenvalue weighted by Crippen LogP contribution is 2.46. The molecule has 4 aromatic heterocycles. The zero-order valence-electron chi connectivity index (χ0n) is 20.0. The molecule has 6 aromatic rings. The van der Waals surface area contributed by atoms with Crippen LogP contribution in [-0.2, 0) is 12.8 Å². The van der Waals surface area contributed by atoms with Gasteiger partial charge in [-0.25, -0.2) is 0 Å². The number of hydrogen-bond donors (Lipinski definition) is 2. The van der Waals surface area contributed by atoms with E-state index in [1.807, 2.05) is 12.1 Å². The van der Waals surface area contributed by atoms with Crippen LogP contribution in [0.3, 0.4) is 0 Å². The second kappa shape index (κ2) is 9.50. The number of nitrogens with zero attached hydrogens (tertiary/aromatic N) is 2. The molecule has 0 aliphatic rings. The summed E-state index contributed by atoms with van der Waals surface area (Å²) >= 11 is 0. The third-order valence-corrected chi connectivity index (χ3v) is 6.97. The Morgan fingerprint density at radius 3 is 1.25 bits per heavy atom. The highest BCUT2D eigenvalue weighted by atomic mass is 16.3. The second-order valence-corrected chi connectivity index (χ2v) is 9.00. The predicted octanol–water partition coefficient (Wildman–Crippen LogP) is 6.26. The van der Waals surface area contributed by atoms with Gasteiger partial charge in [0.25, 0.3) is 0 Å². The van der Waals surface area contributed by atoms with Crippen LogP contribution in [0, 0.1) is 0 Å². The Morgan fingerprint density at radius 2 is 0.861 bits per heavy atom. The van der Waals surface area contributed by atoms with Crippen molar-refractivity contribution in [3.05, 3.63) is 121 Å². The molecule has 0 aliphatic heterocycles. The molecule has 0 saturated heterocycles. The minimum absolute atomic E-state index is 0.0735. The lowest BCUT2D eigenvalue weighted by atomic mass is 9.93. The number of fused-ring (bicyclic) bond motifs is 2. The van der Waals surface area contributed by atoms with Crippen LogP contribution in [0.4, 0.5) is 0 Å². The Kier molecular flexibility index (Phi) is 5.90. The van der Waals surface area contributed by atoms with Gasteiger partial charge < -0.3 is 19.0 Å². The van der Waals surface area contributed by atoms with Gasteiger partial charge in [-0.3, -0.25) is 0 Å². The van der Waals surface area contributed by atoms with Crippen molar-refractivity contribution in [2.24, 2.45) is 0 Å². The summed E-state index contributed by atoms with van der Waals surface area (Å²) < 4.78 is 4.52.